The first-order valence-electron chi connectivity index (χ1n) is 7.33. The van der Waals surface area contributed by atoms with E-state index in [0.29, 0.717) is 6.54 Å². The predicted molar refractivity (Wildman–Crippen MR) is 95.1 cm³/mol. The molecule has 1 aromatic heterocycles. The molecular formula is C16H16BrN3O3S. The molecule has 1 aliphatic rings. The van der Waals surface area contributed by atoms with Crippen molar-refractivity contribution in [2.75, 3.05) is 26.0 Å². The number of hydrogen-bond acceptors (Lipinski definition) is 6. The third-order valence-corrected chi connectivity index (χ3v) is 5.27. The van der Waals surface area contributed by atoms with E-state index in [1.54, 1.807) is 42.2 Å². The molecule has 0 radical (unpaired) electrons. The van der Waals surface area contributed by atoms with Crippen molar-refractivity contribution >= 4 is 33.6 Å². The summed E-state index contributed by atoms with van der Waals surface area (Å²) in [5.74, 6) is 1.54. The van der Waals surface area contributed by atoms with Gasteiger partial charge in [0, 0.05) is 34.7 Å². The van der Waals surface area contributed by atoms with Gasteiger partial charge in [-0.15, -0.1) is 11.8 Å². The van der Waals surface area contributed by atoms with E-state index in [0.717, 1.165) is 21.5 Å². The normalized spacial score (nSPS) is 16.9. The largest absolute Gasteiger partial charge is 0.496 e. The van der Waals surface area contributed by atoms with Gasteiger partial charge in [0.25, 0.3) is 5.91 Å². The van der Waals surface area contributed by atoms with Crippen LogP contribution in [0.15, 0.2) is 41.1 Å². The number of carbonyl (C=O) groups excluding carboxylic acids is 1. The van der Waals surface area contributed by atoms with Crippen LogP contribution in [-0.4, -0.2) is 46.8 Å². The lowest BCUT2D eigenvalue weighted by Crippen LogP contribution is -2.34. The van der Waals surface area contributed by atoms with Crippen LogP contribution in [0, 0.1) is 0 Å². The molecular weight excluding hydrogens is 394 g/mol. The lowest BCUT2D eigenvalue weighted by Gasteiger charge is -2.25. The molecule has 6 nitrogen and oxygen atoms in total. The lowest BCUT2D eigenvalue weighted by molar-refractivity contribution is -0.133. The highest BCUT2D eigenvalue weighted by molar-refractivity contribution is 9.10. The second kappa shape index (κ2) is 7.85. The molecule has 0 saturated carbocycles. The smallest absolute Gasteiger partial charge is 0.316 e. The van der Waals surface area contributed by atoms with Gasteiger partial charge in [0.15, 0.2) is 6.61 Å². The molecule has 8 heteroatoms. The number of halogens is 1. The van der Waals surface area contributed by atoms with Crippen LogP contribution in [-0.2, 0) is 4.79 Å². The van der Waals surface area contributed by atoms with Crippen LogP contribution >= 0.6 is 27.7 Å². The summed E-state index contributed by atoms with van der Waals surface area (Å²) < 4.78 is 11.8. The lowest BCUT2D eigenvalue weighted by atomic mass is 10.2. The molecule has 1 aromatic carbocycles. The summed E-state index contributed by atoms with van der Waals surface area (Å²) in [6, 6.07) is 7.71. The first-order valence-corrected chi connectivity index (χ1v) is 9.17. The van der Waals surface area contributed by atoms with E-state index in [1.807, 2.05) is 18.2 Å². The summed E-state index contributed by atoms with van der Waals surface area (Å²) in [5, 5.41) is -0.0924. The maximum Gasteiger partial charge on any atom is 0.316 e. The van der Waals surface area contributed by atoms with Gasteiger partial charge in [-0.2, -0.15) is 0 Å². The van der Waals surface area contributed by atoms with Crippen molar-refractivity contribution in [3.63, 3.8) is 0 Å². The fraction of sp³-hybridized carbons (Fsp3) is 0.312. The maximum absolute atomic E-state index is 12.6. The molecule has 126 valence electrons. The van der Waals surface area contributed by atoms with Gasteiger partial charge in [0.05, 0.1) is 7.11 Å². The van der Waals surface area contributed by atoms with Crippen LogP contribution < -0.4 is 9.47 Å². The van der Waals surface area contributed by atoms with Crippen LogP contribution in [0.5, 0.6) is 11.8 Å². The van der Waals surface area contributed by atoms with E-state index < -0.39 is 0 Å². The highest BCUT2D eigenvalue weighted by Crippen LogP contribution is 2.42. The van der Waals surface area contributed by atoms with Gasteiger partial charge in [0.1, 0.15) is 11.1 Å². The summed E-state index contributed by atoms with van der Waals surface area (Å²) in [6.45, 7) is 0.584. The van der Waals surface area contributed by atoms with E-state index in [2.05, 4.69) is 25.9 Å². The zero-order valence-electron chi connectivity index (χ0n) is 13.0. The molecule has 2 heterocycles. The highest BCUT2D eigenvalue weighted by atomic mass is 79.9. The first kappa shape index (κ1) is 17.0. The van der Waals surface area contributed by atoms with Crippen molar-refractivity contribution in [1.29, 1.82) is 0 Å². The summed E-state index contributed by atoms with van der Waals surface area (Å²) >= 11 is 5.19. The van der Waals surface area contributed by atoms with Gasteiger partial charge in [-0.25, -0.2) is 9.97 Å². The number of methoxy groups -OCH3 is 1. The zero-order valence-corrected chi connectivity index (χ0v) is 15.4. The second-order valence-corrected chi connectivity index (χ2v) is 7.12. The summed E-state index contributed by atoms with van der Waals surface area (Å²) in [6.07, 6.45) is 3.15. The van der Waals surface area contributed by atoms with E-state index in [-0.39, 0.29) is 23.9 Å². The molecule has 1 fully saturated rings. The van der Waals surface area contributed by atoms with Gasteiger partial charge in [0.2, 0.25) is 0 Å². The number of nitrogens with zero attached hydrogens (tertiary/aromatic N) is 3. The standard InChI is InChI=1S/C16H16BrN3O3S/c1-22-13-4-3-11(17)9-12(13)15-20(7-8-24-15)14(21)10-23-16-18-5-2-6-19-16/h2-6,9,15H,7-8,10H2,1H3. The number of aromatic nitrogens is 2. The molecule has 1 unspecified atom stereocenters. The second-order valence-electron chi connectivity index (χ2n) is 5.02. The number of rotatable bonds is 5. The Bertz CT molecular complexity index is 717. The molecule has 1 amide bonds. The van der Waals surface area contributed by atoms with Crippen molar-refractivity contribution < 1.29 is 14.3 Å². The first-order chi connectivity index (χ1) is 11.7. The van der Waals surface area contributed by atoms with Crippen molar-refractivity contribution in [1.82, 2.24) is 14.9 Å². The minimum Gasteiger partial charge on any atom is -0.496 e. The topological polar surface area (TPSA) is 64.5 Å². The van der Waals surface area contributed by atoms with Gasteiger partial charge < -0.3 is 14.4 Å². The Morgan fingerprint density at radius 1 is 1.42 bits per heavy atom. The van der Waals surface area contributed by atoms with Crippen LogP contribution in [0.4, 0.5) is 0 Å². The molecule has 1 atom stereocenters. The van der Waals surface area contributed by atoms with Crippen LogP contribution in [0.1, 0.15) is 10.9 Å². The monoisotopic (exact) mass is 409 g/mol. The summed E-state index contributed by atoms with van der Waals surface area (Å²) in [5.41, 5.74) is 0.971. The third-order valence-electron chi connectivity index (χ3n) is 3.54. The van der Waals surface area contributed by atoms with E-state index >= 15 is 0 Å². The molecule has 0 spiro atoms. The van der Waals surface area contributed by atoms with Crippen molar-refractivity contribution in [3.05, 3.63) is 46.7 Å². The maximum atomic E-state index is 12.6. The van der Waals surface area contributed by atoms with Crippen molar-refractivity contribution in [2.45, 2.75) is 5.37 Å². The number of ether oxygens (including phenoxy) is 2. The SMILES string of the molecule is COc1ccc(Br)cc1C1SCCN1C(=O)COc1ncccn1. The molecule has 1 aliphatic heterocycles. The summed E-state index contributed by atoms with van der Waals surface area (Å²) in [4.78, 5) is 22.3. The minimum atomic E-state index is -0.0977. The van der Waals surface area contributed by atoms with Gasteiger partial charge in [-0.05, 0) is 24.3 Å². The summed E-state index contributed by atoms with van der Waals surface area (Å²) in [7, 11) is 1.63. The molecule has 24 heavy (non-hydrogen) atoms. The fourth-order valence-corrected chi connectivity index (χ4v) is 4.12. The third kappa shape index (κ3) is 3.81. The molecule has 0 N–H and O–H groups in total. The Morgan fingerprint density at radius 3 is 2.96 bits per heavy atom. The van der Waals surface area contributed by atoms with E-state index in [1.165, 1.54) is 0 Å². The van der Waals surface area contributed by atoms with E-state index in [4.69, 9.17) is 9.47 Å². The molecule has 0 aliphatic carbocycles. The van der Waals surface area contributed by atoms with Crippen molar-refractivity contribution in [3.8, 4) is 11.8 Å². The molecule has 3 rings (SSSR count). The fourth-order valence-electron chi connectivity index (χ4n) is 2.45. The number of thioether (sulfide) groups is 1. The number of carbonyl (C=O) groups is 1. The number of benzene rings is 1. The van der Waals surface area contributed by atoms with Gasteiger partial charge in [-0.3, -0.25) is 4.79 Å². The van der Waals surface area contributed by atoms with Crippen LogP contribution in [0.3, 0.4) is 0 Å². The minimum absolute atomic E-state index is 0.0859. The average Bonchev–Trinajstić information content (AvgIpc) is 3.10. The van der Waals surface area contributed by atoms with Gasteiger partial charge in [-0.1, -0.05) is 15.9 Å². The number of amides is 1. The van der Waals surface area contributed by atoms with Crippen molar-refractivity contribution in [2.24, 2.45) is 0 Å². The predicted octanol–water partition coefficient (Wildman–Crippen LogP) is 2.90. The van der Waals surface area contributed by atoms with Gasteiger partial charge >= 0.3 is 6.01 Å². The molecule has 0 bridgehead atoms. The average molecular weight is 410 g/mol. The van der Waals surface area contributed by atoms with Crippen LogP contribution in [0.25, 0.3) is 0 Å². The zero-order chi connectivity index (χ0) is 16.9. The van der Waals surface area contributed by atoms with E-state index in [9.17, 15) is 4.79 Å². The Kier molecular flexibility index (Phi) is 5.57. The highest BCUT2D eigenvalue weighted by Gasteiger charge is 2.33. The Morgan fingerprint density at radius 2 is 2.21 bits per heavy atom. The molecule has 1 saturated heterocycles. The Hall–Kier alpha value is -1.80. The Balaban J connectivity index is 1.73. The quantitative estimate of drug-likeness (QED) is 0.756. The van der Waals surface area contributed by atoms with Crippen LogP contribution in [0.2, 0.25) is 0 Å². The molecule has 2 aromatic rings. The number of hydrogen-bond donors (Lipinski definition) is 0. The Labute approximate surface area is 152 Å².